The van der Waals surface area contributed by atoms with Gasteiger partial charge in [0.2, 0.25) is 5.91 Å². The van der Waals surface area contributed by atoms with Gasteiger partial charge in [-0.05, 0) is 19.4 Å². The van der Waals surface area contributed by atoms with Gasteiger partial charge in [0.1, 0.15) is 0 Å². The van der Waals surface area contributed by atoms with Gasteiger partial charge in [0, 0.05) is 19.6 Å². The number of carbonyl (C=O) groups excluding carboxylic acids is 1. The van der Waals surface area contributed by atoms with Crippen LogP contribution < -0.4 is 11.1 Å². The molecule has 0 saturated carbocycles. The summed E-state index contributed by atoms with van der Waals surface area (Å²) in [6.07, 6.45) is 0. The van der Waals surface area contributed by atoms with Crippen molar-refractivity contribution in [2.75, 3.05) is 26.2 Å². The summed E-state index contributed by atoms with van der Waals surface area (Å²) in [4.78, 5) is 13.8. The maximum absolute atomic E-state index is 11.7. The summed E-state index contributed by atoms with van der Waals surface area (Å²) < 4.78 is 0. The van der Waals surface area contributed by atoms with Crippen molar-refractivity contribution in [1.82, 2.24) is 10.2 Å². The molecule has 1 unspecified atom stereocenters. The number of carbonyl (C=O) groups is 1. The van der Waals surface area contributed by atoms with Crippen molar-refractivity contribution in [1.29, 1.82) is 0 Å². The Morgan fingerprint density at radius 1 is 1.40 bits per heavy atom. The zero-order valence-corrected chi connectivity index (χ0v) is 10.4. The molecule has 0 aliphatic heterocycles. The minimum absolute atomic E-state index is 0.0858. The molecule has 1 amide bonds. The second-order valence-electron chi connectivity index (χ2n) is 4.23. The lowest BCUT2D eigenvalue weighted by Crippen LogP contribution is -2.47. The third kappa shape index (κ3) is 5.74. The zero-order chi connectivity index (χ0) is 11.8. The smallest absolute Gasteiger partial charge is 0.237 e. The van der Waals surface area contributed by atoms with Gasteiger partial charge in [-0.1, -0.05) is 20.8 Å². The Kier molecular flexibility index (Phi) is 7.34. The molecule has 0 fully saturated rings. The Morgan fingerprint density at radius 2 is 2.00 bits per heavy atom. The van der Waals surface area contributed by atoms with Gasteiger partial charge in [0.05, 0.1) is 6.04 Å². The molecule has 0 aliphatic rings. The molecular weight excluding hydrogens is 190 g/mol. The van der Waals surface area contributed by atoms with E-state index in [9.17, 15) is 4.79 Å². The van der Waals surface area contributed by atoms with Gasteiger partial charge in [-0.25, -0.2) is 0 Å². The summed E-state index contributed by atoms with van der Waals surface area (Å²) in [7, 11) is 0. The van der Waals surface area contributed by atoms with Gasteiger partial charge in [-0.3, -0.25) is 9.69 Å². The normalized spacial score (nSPS) is 13.3. The molecule has 0 aromatic heterocycles. The maximum atomic E-state index is 11.7. The van der Waals surface area contributed by atoms with Crippen LogP contribution in [0.5, 0.6) is 0 Å². The summed E-state index contributed by atoms with van der Waals surface area (Å²) in [5.41, 5.74) is 5.49. The molecule has 4 heteroatoms. The predicted octanol–water partition coefficient (Wildman–Crippen LogP) is 0.428. The van der Waals surface area contributed by atoms with Gasteiger partial charge in [-0.2, -0.15) is 0 Å². The third-order valence-electron chi connectivity index (χ3n) is 2.43. The average Bonchev–Trinajstić information content (AvgIpc) is 2.21. The fraction of sp³-hybridized carbons (Fsp3) is 0.909. The average molecular weight is 215 g/mol. The molecule has 0 aliphatic carbocycles. The summed E-state index contributed by atoms with van der Waals surface area (Å²) in [5.74, 6) is 0.588. The van der Waals surface area contributed by atoms with E-state index in [0.29, 0.717) is 12.5 Å². The monoisotopic (exact) mass is 215 g/mol. The van der Waals surface area contributed by atoms with Crippen LogP contribution in [0.3, 0.4) is 0 Å². The predicted molar refractivity (Wildman–Crippen MR) is 63.6 cm³/mol. The number of amides is 1. The molecule has 0 spiro atoms. The molecule has 0 rings (SSSR count). The second kappa shape index (κ2) is 7.65. The largest absolute Gasteiger partial charge is 0.354 e. The molecule has 0 heterocycles. The highest BCUT2D eigenvalue weighted by Gasteiger charge is 2.18. The lowest BCUT2D eigenvalue weighted by Gasteiger charge is -2.26. The van der Waals surface area contributed by atoms with E-state index in [4.69, 9.17) is 5.73 Å². The van der Waals surface area contributed by atoms with Crippen molar-refractivity contribution in [2.45, 2.75) is 33.7 Å². The molecule has 0 aromatic carbocycles. The van der Waals surface area contributed by atoms with Gasteiger partial charge < -0.3 is 11.1 Å². The molecule has 4 nitrogen and oxygen atoms in total. The molecule has 1 atom stereocenters. The summed E-state index contributed by atoms with van der Waals surface area (Å²) in [6, 6.07) is -0.0858. The number of rotatable bonds is 7. The Bertz CT molecular complexity index is 183. The summed E-state index contributed by atoms with van der Waals surface area (Å²) >= 11 is 0. The van der Waals surface area contributed by atoms with Crippen molar-refractivity contribution in [3.05, 3.63) is 0 Å². The Morgan fingerprint density at radius 3 is 2.40 bits per heavy atom. The van der Waals surface area contributed by atoms with Crippen LogP contribution in [0.25, 0.3) is 0 Å². The van der Waals surface area contributed by atoms with E-state index in [1.165, 1.54) is 0 Å². The fourth-order valence-electron chi connectivity index (χ4n) is 1.41. The highest BCUT2D eigenvalue weighted by atomic mass is 16.2. The van der Waals surface area contributed by atoms with E-state index in [2.05, 4.69) is 24.1 Å². The second-order valence-corrected chi connectivity index (χ2v) is 4.23. The van der Waals surface area contributed by atoms with Crippen LogP contribution >= 0.6 is 0 Å². The molecule has 3 N–H and O–H groups in total. The van der Waals surface area contributed by atoms with E-state index < -0.39 is 0 Å². The van der Waals surface area contributed by atoms with E-state index in [1.807, 2.05) is 13.8 Å². The highest BCUT2D eigenvalue weighted by Crippen LogP contribution is 1.98. The zero-order valence-electron chi connectivity index (χ0n) is 10.4. The number of nitrogens with one attached hydrogen (secondary N) is 1. The summed E-state index contributed by atoms with van der Waals surface area (Å²) in [6.45, 7) is 11.1. The Balaban J connectivity index is 4.04. The molecule has 15 heavy (non-hydrogen) atoms. The minimum Gasteiger partial charge on any atom is -0.354 e. The lowest BCUT2D eigenvalue weighted by molar-refractivity contribution is -0.125. The first kappa shape index (κ1) is 14.4. The molecule has 90 valence electrons. The molecular formula is C11H25N3O. The Labute approximate surface area is 93.2 Å². The SMILES string of the molecule is CCN(CCN)C(C)C(=O)NCC(C)C. The van der Waals surface area contributed by atoms with E-state index in [0.717, 1.165) is 19.6 Å². The number of hydrogen-bond donors (Lipinski definition) is 2. The van der Waals surface area contributed by atoms with Crippen LogP contribution in [-0.4, -0.2) is 43.0 Å². The first-order valence-corrected chi connectivity index (χ1v) is 5.74. The van der Waals surface area contributed by atoms with Crippen molar-refractivity contribution >= 4 is 5.91 Å². The van der Waals surface area contributed by atoms with Crippen LogP contribution in [-0.2, 0) is 4.79 Å². The van der Waals surface area contributed by atoms with E-state index >= 15 is 0 Å². The number of hydrogen-bond acceptors (Lipinski definition) is 3. The van der Waals surface area contributed by atoms with Crippen molar-refractivity contribution in [2.24, 2.45) is 11.7 Å². The van der Waals surface area contributed by atoms with Gasteiger partial charge in [0.25, 0.3) is 0 Å². The van der Waals surface area contributed by atoms with E-state index in [-0.39, 0.29) is 11.9 Å². The van der Waals surface area contributed by atoms with Crippen molar-refractivity contribution < 1.29 is 4.79 Å². The van der Waals surface area contributed by atoms with Crippen molar-refractivity contribution in [3.8, 4) is 0 Å². The van der Waals surface area contributed by atoms with Gasteiger partial charge >= 0.3 is 0 Å². The van der Waals surface area contributed by atoms with Crippen LogP contribution in [0.15, 0.2) is 0 Å². The fourth-order valence-corrected chi connectivity index (χ4v) is 1.41. The summed E-state index contributed by atoms with van der Waals surface area (Å²) in [5, 5.41) is 2.93. The van der Waals surface area contributed by atoms with Crippen LogP contribution in [0.2, 0.25) is 0 Å². The third-order valence-corrected chi connectivity index (χ3v) is 2.43. The minimum atomic E-state index is -0.0858. The number of nitrogens with zero attached hydrogens (tertiary/aromatic N) is 1. The van der Waals surface area contributed by atoms with Gasteiger partial charge in [-0.15, -0.1) is 0 Å². The number of nitrogens with two attached hydrogens (primary N) is 1. The van der Waals surface area contributed by atoms with Crippen LogP contribution in [0.4, 0.5) is 0 Å². The highest BCUT2D eigenvalue weighted by molar-refractivity contribution is 5.81. The number of likely N-dealkylation sites (N-methyl/N-ethyl adjacent to an activating group) is 1. The molecule has 0 saturated heterocycles. The lowest BCUT2D eigenvalue weighted by atomic mass is 10.2. The maximum Gasteiger partial charge on any atom is 0.237 e. The first-order chi connectivity index (χ1) is 7.02. The molecule has 0 aromatic rings. The van der Waals surface area contributed by atoms with Crippen LogP contribution in [0, 0.1) is 5.92 Å². The van der Waals surface area contributed by atoms with Crippen LogP contribution in [0.1, 0.15) is 27.7 Å². The van der Waals surface area contributed by atoms with E-state index in [1.54, 1.807) is 0 Å². The molecule has 0 bridgehead atoms. The Hall–Kier alpha value is -0.610. The van der Waals surface area contributed by atoms with Crippen molar-refractivity contribution in [3.63, 3.8) is 0 Å². The topological polar surface area (TPSA) is 58.4 Å². The molecule has 0 radical (unpaired) electrons. The quantitative estimate of drug-likeness (QED) is 0.647. The standard InChI is InChI=1S/C11H25N3O/c1-5-14(7-6-12)10(4)11(15)13-8-9(2)3/h9-10H,5-8,12H2,1-4H3,(H,13,15). The van der Waals surface area contributed by atoms with Gasteiger partial charge in [0.15, 0.2) is 0 Å². The first-order valence-electron chi connectivity index (χ1n) is 5.74.